The molecule has 0 saturated heterocycles. The van der Waals surface area contributed by atoms with Crippen LogP contribution in [-0.2, 0) is 11.5 Å². The molecule has 0 saturated carbocycles. The third-order valence-electron chi connectivity index (χ3n) is 6.38. The summed E-state index contributed by atoms with van der Waals surface area (Å²) in [6.45, 7) is 13.6. The van der Waals surface area contributed by atoms with Crippen molar-refractivity contribution in [3.63, 3.8) is 0 Å². The summed E-state index contributed by atoms with van der Waals surface area (Å²) in [5.74, 6) is 1.37. The summed E-state index contributed by atoms with van der Waals surface area (Å²) in [5.41, 5.74) is 8.67. The Morgan fingerprint density at radius 3 is 1.90 bits per heavy atom. The van der Waals surface area contributed by atoms with Crippen molar-refractivity contribution in [2.45, 2.75) is 23.8 Å². The summed E-state index contributed by atoms with van der Waals surface area (Å²) in [5, 5.41) is 21.9. The average molecular weight is 772 g/mol. The summed E-state index contributed by atoms with van der Waals surface area (Å²) in [6.07, 6.45) is 0. The first-order valence-electron chi connectivity index (χ1n) is 14.4. The zero-order chi connectivity index (χ0) is 37.2. The summed E-state index contributed by atoms with van der Waals surface area (Å²) >= 11 is 6.95. The fourth-order valence-electron chi connectivity index (χ4n) is 3.86. The molecule has 0 bridgehead atoms. The topological polar surface area (TPSA) is 146 Å². The van der Waals surface area contributed by atoms with Crippen LogP contribution in [0.25, 0.3) is 19.8 Å². The number of rotatable bonds is 7. The number of nitrogens with zero attached hydrogens (tertiary/aromatic N) is 6. The number of halogens is 1. The van der Waals surface area contributed by atoms with Gasteiger partial charge in [-0.05, 0) is 62.0 Å². The quantitative estimate of drug-likeness (QED) is 0.0312. The van der Waals surface area contributed by atoms with Crippen LogP contribution in [0.5, 0.6) is 0 Å². The molecule has 2 N–H and O–H groups in total. The highest BCUT2D eigenvalue weighted by molar-refractivity contribution is 7.98. The van der Waals surface area contributed by atoms with Gasteiger partial charge in [-0.1, -0.05) is 68.1 Å². The molecule has 11 nitrogen and oxygen atoms in total. The van der Waals surface area contributed by atoms with Crippen molar-refractivity contribution in [1.82, 2.24) is 4.37 Å². The Bertz CT molecular complexity index is 2200. The fraction of sp³-hybridized carbons (Fsp3) is 0.0833. The van der Waals surface area contributed by atoms with Crippen LogP contribution in [0.1, 0.15) is 18.6 Å². The first-order valence-corrected chi connectivity index (χ1v) is 17.2. The van der Waals surface area contributed by atoms with Gasteiger partial charge in [-0.2, -0.15) is 17.0 Å². The van der Waals surface area contributed by atoms with Gasteiger partial charge in [0, 0.05) is 51.7 Å². The van der Waals surface area contributed by atoms with Crippen molar-refractivity contribution < 1.29 is 14.2 Å². The number of hydrogen-bond donors (Lipinski definition) is 2. The van der Waals surface area contributed by atoms with Crippen molar-refractivity contribution >= 4 is 89.3 Å². The molecular weight excluding hydrogens is 741 g/mol. The first-order chi connectivity index (χ1) is 24.6. The number of hydrogen-bond acceptors (Lipinski definition) is 10. The van der Waals surface area contributed by atoms with Crippen molar-refractivity contribution in [3.05, 3.63) is 175 Å². The van der Waals surface area contributed by atoms with Gasteiger partial charge in [-0.3, -0.25) is 20.2 Å². The lowest BCUT2D eigenvalue weighted by molar-refractivity contribution is -0.385. The number of fused-ring (bicyclic) bond motifs is 1. The molecule has 0 fully saturated rings. The number of nitro groups is 2. The number of nitrogens with two attached hydrogens (primary N) is 1. The van der Waals surface area contributed by atoms with E-state index in [1.165, 1.54) is 47.1 Å². The molecule has 0 aliphatic carbocycles. The fourth-order valence-corrected chi connectivity index (χ4v) is 6.07. The molecule has 1 heterocycles. The Hall–Kier alpha value is -5.70. The minimum absolute atomic E-state index is 0. The lowest BCUT2D eigenvalue weighted by atomic mass is 10.2. The van der Waals surface area contributed by atoms with E-state index in [0.717, 1.165) is 45.3 Å². The molecule has 0 spiro atoms. The summed E-state index contributed by atoms with van der Waals surface area (Å²) in [6, 6.07) is 32.9. The van der Waals surface area contributed by atoms with Crippen LogP contribution >= 0.6 is 45.0 Å². The van der Waals surface area contributed by atoms with E-state index in [0.29, 0.717) is 22.2 Å². The molecule has 264 valence electrons. The molecule has 0 aliphatic rings. The SMILES string of the molecule is C.Nc1ccc2c(N=P)nsc2c1.SCc1ccccc1.[C-]#[N+]c1ccc([N+](=O)[O-])cc1F.[C-]#[N+]c1ccc([N+](=O)[O-])cc1SCc1ccccc1. The second-order valence-electron chi connectivity index (χ2n) is 9.82. The molecule has 0 unspecified atom stereocenters. The van der Waals surface area contributed by atoms with Gasteiger partial charge < -0.3 is 5.73 Å². The lowest BCUT2D eigenvalue weighted by Crippen LogP contribution is -1.88. The van der Waals surface area contributed by atoms with Gasteiger partial charge in [0.05, 0.1) is 27.7 Å². The standard InChI is InChI=1S/C14H10N2O2S.C7H3FN2O2.C7H6N3PS.C7H8S.CH4/c1-15-13-8-7-12(16(17)18)9-14(13)19-10-11-5-3-2-4-6-11;1-9-7-3-2-5(10(11)12)4-6(7)8;8-4-1-2-5-6(3-4)12-10-7(5)9-11;8-6-7-4-2-1-3-5-7;/h2-9H,10H2;2-4H;1-3,11H,8H2;1-5,8H,6H2;1H4. The maximum absolute atomic E-state index is 12.7. The summed E-state index contributed by atoms with van der Waals surface area (Å²) in [4.78, 5) is 26.6. The second kappa shape index (κ2) is 22.2. The molecule has 52 heavy (non-hydrogen) atoms. The zero-order valence-corrected chi connectivity index (χ0v) is 29.9. The number of thiol groups is 1. The monoisotopic (exact) mass is 771 g/mol. The van der Waals surface area contributed by atoms with E-state index in [1.54, 1.807) is 0 Å². The Morgan fingerprint density at radius 1 is 0.846 bits per heavy atom. The predicted octanol–water partition coefficient (Wildman–Crippen LogP) is 12.3. The number of aromatic nitrogens is 1. The van der Waals surface area contributed by atoms with E-state index in [1.807, 2.05) is 66.7 Å². The number of nitrogen functional groups attached to an aromatic ring is 1. The van der Waals surface area contributed by atoms with Crippen LogP contribution < -0.4 is 5.73 Å². The van der Waals surface area contributed by atoms with Gasteiger partial charge in [-0.15, -0.1) is 11.8 Å². The third-order valence-corrected chi connectivity index (χ3v) is 8.87. The van der Waals surface area contributed by atoms with Crippen LogP contribution in [0.3, 0.4) is 0 Å². The van der Waals surface area contributed by atoms with Crippen molar-refractivity contribution in [3.8, 4) is 0 Å². The van der Waals surface area contributed by atoms with Crippen LogP contribution in [0.2, 0.25) is 0 Å². The van der Waals surface area contributed by atoms with Crippen LogP contribution in [0.4, 0.5) is 38.6 Å². The van der Waals surface area contributed by atoms with Gasteiger partial charge in [0.1, 0.15) is 5.82 Å². The van der Waals surface area contributed by atoms with E-state index < -0.39 is 15.7 Å². The second-order valence-corrected chi connectivity index (χ2v) is 12.2. The van der Waals surface area contributed by atoms with Crippen LogP contribution in [-0.4, -0.2) is 14.2 Å². The third kappa shape index (κ3) is 13.2. The summed E-state index contributed by atoms with van der Waals surface area (Å²) < 4.78 is 21.7. The molecule has 6 rings (SSSR count). The lowest BCUT2D eigenvalue weighted by Gasteiger charge is -2.04. The van der Waals surface area contributed by atoms with Crippen LogP contribution in [0.15, 0.2) is 125 Å². The largest absolute Gasteiger partial charge is 0.399 e. The number of benzene rings is 5. The minimum atomic E-state index is -0.862. The van der Waals surface area contributed by atoms with Crippen LogP contribution in [0, 0.1) is 39.2 Å². The van der Waals surface area contributed by atoms with Gasteiger partial charge in [0.2, 0.25) is 11.4 Å². The molecule has 6 aromatic rings. The molecule has 0 radical (unpaired) electrons. The average Bonchev–Trinajstić information content (AvgIpc) is 3.57. The maximum atomic E-state index is 12.7. The number of thioether (sulfide) groups is 1. The first kappa shape index (κ1) is 42.5. The van der Waals surface area contributed by atoms with E-state index >= 15 is 0 Å². The van der Waals surface area contributed by atoms with E-state index in [4.69, 9.17) is 18.9 Å². The highest BCUT2D eigenvalue weighted by atomic mass is 32.2. The van der Waals surface area contributed by atoms with E-state index in [9.17, 15) is 24.6 Å². The molecule has 0 amide bonds. The summed E-state index contributed by atoms with van der Waals surface area (Å²) in [7, 11) is 3.06. The Balaban J connectivity index is 0.000000250. The van der Waals surface area contributed by atoms with Gasteiger partial charge in [0.15, 0.2) is 5.82 Å². The van der Waals surface area contributed by atoms with Crippen molar-refractivity contribution in [1.29, 1.82) is 0 Å². The molecule has 1 aromatic heterocycles. The molecular formula is C36H31FN7O4PS3. The highest BCUT2D eigenvalue weighted by Crippen LogP contribution is 2.35. The molecule has 16 heteroatoms. The molecule has 5 aromatic carbocycles. The maximum Gasteiger partial charge on any atom is 0.269 e. The normalized spacial score (nSPS) is 9.46. The number of anilines is 1. The Morgan fingerprint density at radius 2 is 1.40 bits per heavy atom. The van der Waals surface area contributed by atoms with Gasteiger partial charge in [-0.25, -0.2) is 18.8 Å². The molecule has 0 atom stereocenters. The van der Waals surface area contributed by atoms with Gasteiger partial charge >= 0.3 is 0 Å². The Kier molecular flexibility index (Phi) is 18.1. The highest BCUT2D eigenvalue weighted by Gasteiger charge is 2.12. The van der Waals surface area contributed by atoms with E-state index in [-0.39, 0.29) is 24.5 Å². The predicted molar refractivity (Wildman–Crippen MR) is 215 cm³/mol. The number of non-ortho nitro benzene ring substituents is 2. The zero-order valence-electron chi connectivity index (χ0n) is 26.4. The van der Waals surface area contributed by atoms with Crippen molar-refractivity contribution in [2.75, 3.05) is 5.73 Å². The van der Waals surface area contributed by atoms with E-state index in [2.05, 4.69) is 52.6 Å². The smallest absolute Gasteiger partial charge is 0.269 e. The van der Waals surface area contributed by atoms with Crippen molar-refractivity contribution in [2.24, 2.45) is 4.74 Å². The number of nitro benzene ring substituents is 2. The van der Waals surface area contributed by atoms with Gasteiger partial charge in [0.25, 0.3) is 11.4 Å². The Labute approximate surface area is 316 Å². The molecule has 0 aliphatic heterocycles. The minimum Gasteiger partial charge on any atom is -0.399 e.